The van der Waals surface area contributed by atoms with Crippen molar-refractivity contribution in [2.24, 2.45) is 5.92 Å². The van der Waals surface area contributed by atoms with Crippen molar-refractivity contribution in [2.75, 3.05) is 20.8 Å². The summed E-state index contributed by atoms with van der Waals surface area (Å²) in [5, 5.41) is 11.7. The summed E-state index contributed by atoms with van der Waals surface area (Å²) in [7, 11) is 2.91. The molecule has 0 amide bonds. The van der Waals surface area contributed by atoms with Crippen LogP contribution >= 0.6 is 0 Å². The molecule has 3 aromatic carbocycles. The molecule has 7 nitrogen and oxygen atoms in total. The molecule has 0 aliphatic rings. The summed E-state index contributed by atoms with van der Waals surface area (Å²) < 4.78 is 10.7. The summed E-state index contributed by atoms with van der Waals surface area (Å²) in [6, 6.07) is 23.1. The second kappa shape index (κ2) is 12.8. The smallest absolute Gasteiger partial charge is 0.211 e. The number of hydrogen-bond donors (Lipinski definition) is 0. The number of carbonyl (C=O) groups excluding carboxylic acids is 2. The van der Waals surface area contributed by atoms with E-state index < -0.39 is 34.9 Å². The van der Waals surface area contributed by atoms with Crippen molar-refractivity contribution < 1.29 is 24.0 Å². The first-order chi connectivity index (χ1) is 17.4. The molecule has 36 heavy (non-hydrogen) atoms. The van der Waals surface area contributed by atoms with Crippen LogP contribution in [-0.4, -0.2) is 37.3 Å². The van der Waals surface area contributed by atoms with E-state index in [1.807, 2.05) is 60.7 Å². The van der Waals surface area contributed by atoms with Crippen LogP contribution in [0.4, 0.5) is 0 Å². The maximum Gasteiger partial charge on any atom is 0.211 e. The Labute approximate surface area is 209 Å². The number of ether oxygens (including phenoxy) is 2. The van der Waals surface area contributed by atoms with Crippen molar-refractivity contribution in [3.63, 3.8) is 0 Å². The van der Waals surface area contributed by atoms with Crippen LogP contribution in [-0.2, 0) is 9.59 Å². The third-order valence-electron chi connectivity index (χ3n) is 5.68. The third-order valence-corrected chi connectivity index (χ3v) is 5.68. The minimum absolute atomic E-state index is 0.297. The van der Waals surface area contributed by atoms with Gasteiger partial charge in [-0.1, -0.05) is 78.9 Å². The molecule has 0 bridgehead atoms. The van der Waals surface area contributed by atoms with Crippen molar-refractivity contribution in [3.05, 3.63) is 118 Å². The Kier molecular flexibility index (Phi) is 9.28. The van der Waals surface area contributed by atoms with Gasteiger partial charge in [-0.25, -0.2) is 0 Å². The number of hydrogen-bond acceptors (Lipinski definition) is 6. The predicted octanol–water partition coefficient (Wildman–Crippen LogP) is 5.25. The number of rotatable bonds is 12. The fourth-order valence-corrected chi connectivity index (χ4v) is 3.90. The van der Waals surface area contributed by atoms with E-state index in [1.54, 1.807) is 30.4 Å². The number of nitro groups is 1. The van der Waals surface area contributed by atoms with Gasteiger partial charge in [0.1, 0.15) is 11.5 Å². The number of benzene rings is 3. The number of nitrogens with zero attached hydrogens (tertiary/aromatic N) is 1. The molecule has 3 aromatic rings. The van der Waals surface area contributed by atoms with Crippen molar-refractivity contribution >= 4 is 23.7 Å². The molecule has 0 radical (unpaired) electrons. The van der Waals surface area contributed by atoms with Crippen LogP contribution in [0.25, 0.3) is 12.2 Å². The molecule has 0 saturated carbocycles. The van der Waals surface area contributed by atoms with Crippen molar-refractivity contribution in [1.29, 1.82) is 0 Å². The first-order valence-corrected chi connectivity index (χ1v) is 11.3. The summed E-state index contributed by atoms with van der Waals surface area (Å²) in [6.45, 7) is -0.636. The molecule has 0 heterocycles. The zero-order chi connectivity index (χ0) is 25.9. The molecule has 0 aliphatic carbocycles. The lowest BCUT2D eigenvalue weighted by Gasteiger charge is -2.23. The predicted molar refractivity (Wildman–Crippen MR) is 139 cm³/mol. The largest absolute Gasteiger partial charge is 0.497 e. The van der Waals surface area contributed by atoms with Gasteiger partial charge in [0.15, 0.2) is 11.6 Å². The Morgan fingerprint density at radius 1 is 0.833 bits per heavy atom. The van der Waals surface area contributed by atoms with Gasteiger partial charge in [-0.05, 0) is 29.3 Å². The second-order valence-electron chi connectivity index (χ2n) is 8.00. The molecular formula is C29H27NO6. The van der Waals surface area contributed by atoms with Crippen molar-refractivity contribution in [2.45, 2.75) is 5.92 Å². The van der Waals surface area contributed by atoms with Gasteiger partial charge >= 0.3 is 0 Å². The Balaban J connectivity index is 2.07. The zero-order valence-electron chi connectivity index (χ0n) is 20.1. The number of methoxy groups -OCH3 is 2. The Morgan fingerprint density at radius 3 is 1.81 bits per heavy atom. The maximum absolute atomic E-state index is 13.5. The van der Waals surface area contributed by atoms with Crippen LogP contribution < -0.4 is 9.47 Å². The van der Waals surface area contributed by atoms with E-state index in [1.165, 1.54) is 26.4 Å². The maximum atomic E-state index is 13.5. The number of carbonyl (C=O) groups is 2. The van der Waals surface area contributed by atoms with Gasteiger partial charge in [-0.2, -0.15) is 0 Å². The van der Waals surface area contributed by atoms with E-state index in [2.05, 4.69) is 0 Å². The van der Waals surface area contributed by atoms with Gasteiger partial charge in [0.2, 0.25) is 6.54 Å². The quantitative estimate of drug-likeness (QED) is 0.151. The number of ketones is 2. The lowest BCUT2D eigenvalue weighted by Crippen LogP contribution is -2.32. The van der Waals surface area contributed by atoms with E-state index in [4.69, 9.17) is 9.47 Å². The lowest BCUT2D eigenvalue weighted by molar-refractivity contribution is -0.484. The first kappa shape index (κ1) is 26.1. The summed E-state index contributed by atoms with van der Waals surface area (Å²) in [5.41, 5.74) is 1.91. The molecular weight excluding hydrogens is 458 g/mol. The summed E-state index contributed by atoms with van der Waals surface area (Å²) in [4.78, 5) is 38.1. The first-order valence-electron chi connectivity index (χ1n) is 11.3. The standard InChI is InChI=1S/C29H27NO6/c1-35-23-15-16-24(28(19-23)36-2)25(20-30(33)34)29(26(31)17-13-21-9-5-3-6-10-21)27(32)18-14-22-11-7-4-8-12-22/h3-19,25,29H,20H2,1-2H3/b17-13+,18-14+/t25-/m0/s1. The van der Waals surface area contributed by atoms with Crippen LogP contribution in [0.3, 0.4) is 0 Å². The molecule has 0 saturated heterocycles. The van der Waals surface area contributed by atoms with E-state index in [-0.39, 0.29) is 0 Å². The molecule has 184 valence electrons. The Bertz CT molecular complexity index is 1190. The number of allylic oxidation sites excluding steroid dienone is 2. The van der Waals surface area contributed by atoms with Crippen molar-refractivity contribution in [1.82, 2.24) is 0 Å². The Hall–Kier alpha value is -4.52. The van der Waals surface area contributed by atoms with Crippen LogP contribution in [0.5, 0.6) is 11.5 Å². The van der Waals surface area contributed by atoms with Gasteiger partial charge < -0.3 is 9.47 Å². The highest BCUT2D eigenvalue weighted by Gasteiger charge is 2.38. The highest BCUT2D eigenvalue weighted by atomic mass is 16.6. The molecule has 3 rings (SSSR count). The van der Waals surface area contributed by atoms with Gasteiger partial charge in [-0.15, -0.1) is 0 Å². The molecule has 0 aromatic heterocycles. The highest BCUT2D eigenvalue weighted by Crippen LogP contribution is 2.36. The highest BCUT2D eigenvalue weighted by molar-refractivity contribution is 6.14. The average molecular weight is 486 g/mol. The SMILES string of the molecule is COc1ccc([C@H](C[N+](=O)[O-])C(C(=O)/C=C/c2ccccc2)C(=O)/C=C/c2ccccc2)c(OC)c1. The molecule has 0 spiro atoms. The summed E-state index contributed by atoms with van der Waals surface area (Å²) in [5.74, 6) is -2.69. The zero-order valence-corrected chi connectivity index (χ0v) is 20.1. The topological polar surface area (TPSA) is 95.7 Å². The van der Waals surface area contributed by atoms with Crippen LogP contribution in [0.1, 0.15) is 22.6 Å². The second-order valence-corrected chi connectivity index (χ2v) is 8.00. The van der Waals surface area contributed by atoms with E-state index in [0.717, 1.165) is 11.1 Å². The van der Waals surface area contributed by atoms with Crippen LogP contribution in [0, 0.1) is 16.0 Å². The normalized spacial score (nSPS) is 12.1. The lowest BCUT2D eigenvalue weighted by atomic mass is 9.79. The minimum Gasteiger partial charge on any atom is -0.497 e. The summed E-state index contributed by atoms with van der Waals surface area (Å²) >= 11 is 0. The average Bonchev–Trinajstić information content (AvgIpc) is 2.91. The molecule has 0 unspecified atom stereocenters. The van der Waals surface area contributed by atoms with Gasteiger partial charge in [0, 0.05) is 16.6 Å². The monoisotopic (exact) mass is 485 g/mol. The van der Waals surface area contributed by atoms with Gasteiger partial charge in [-0.3, -0.25) is 19.7 Å². The van der Waals surface area contributed by atoms with E-state index >= 15 is 0 Å². The van der Waals surface area contributed by atoms with Crippen LogP contribution in [0.2, 0.25) is 0 Å². The Morgan fingerprint density at radius 2 is 1.36 bits per heavy atom. The molecule has 0 fully saturated rings. The summed E-state index contributed by atoms with van der Waals surface area (Å²) in [6.07, 6.45) is 5.80. The van der Waals surface area contributed by atoms with Crippen LogP contribution in [0.15, 0.2) is 91.0 Å². The van der Waals surface area contributed by atoms with Gasteiger partial charge in [0.25, 0.3) is 0 Å². The molecule has 0 N–H and O–H groups in total. The van der Waals surface area contributed by atoms with E-state index in [0.29, 0.717) is 17.1 Å². The minimum atomic E-state index is -1.34. The fourth-order valence-electron chi connectivity index (χ4n) is 3.90. The van der Waals surface area contributed by atoms with Crippen molar-refractivity contribution in [3.8, 4) is 11.5 Å². The molecule has 1 atom stereocenters. The molecule has 0 aliphatic heterocycles. The molecule has 7 heteroatoms. The fraction of sp³-hybridized carbons (Fsp3) is 0.172. The van der Waals surface area contributed by atoms with E-state index in [9.17, 15) is 19.7 Å². The van der Waals surface area contributed by atoms with Gasteiger partial charge in [0.05, 0.1) is 26.1 Å². The third kappa shape index (κ3) is 6.99.